The molecular formula is C15H50BO10P2S-4. The molecule has 0 spiro atoms. The van der Waals surface area contributed by atoms with Crippen LogP contribution in [-0.4, -0.2) is 47.1 Å². The zero-order valence-corrected chi connectivity index (χ0v) is 22.3. The van der Waals surface area contributed by atoms with Gasteiger partial charge in [-0.25, -0.2) is 0 Å². The monoisotopic (exact) mass is 496 g/mol. The van der Waals surface area contributed by atoms with Gasteiger partial charge in [0, 0.05) is 38.3 Å². The Morgan fingerprint density at radius 1 is 0.690 bits per heavy atom. The van der Waals surface area contributed by atoms with E-state index in [1.807, 2.05) is 27.7 Å². The van der Waals surface area contributed by atoms with E-state index < -0.39 is 15.6 Å². The van der Waals surface area contributed by atoms with Gasteiger partial charge in [-0.2, -0.15) is 13.5 Å². The van der Waals surface area contributed by atoms with Crippen LogP contribution in [-0.2, 0) is 18.2 Å². The number of aliphatic hydroxyl groups is 2. The standard InChI is InChI=1S/2C3H8.2C2H6.2CH5O4P.2CH4O.CH4.B.H2S.H2/c2*1-3-2;2*1-2;2*1-5-6(2,3)4;2*1-2;;;;/h2*3H2,1-2H3;2*1-2H3;2*1H3,(H2,2,3,4);2*2H,1H3;1H4;;1H2;1H/p-4/i;;;;;;;;;;;1+1. The van der Waals surface area contributed by atoms with Crippen molar-refractivity contribution in [2.75, 3.05) is 28.4 Å². The largest absolute Gasteiger partial charge is 0.790 e. The van der Waals surface area contributed by atoms with Gasteiger partial charge in [0.15, 0.2) is 0 Å². The van der Waals surface area contributed by atoms with Crippen molar-refractivity contribution >= 4 is 37.6 Å². The third-order valence-corrected chi connectivity index (χ3v) is 1.34. The molecule has 3 radical (unpaired) electrons. The molecule has 14 heteroatoms. The highest BCUT2D eigenvalue weighted by atomic mass is 32.1. The Labute approximate surface area is 191 Å². The maximum Gasteiger partial charge on any atom is 0.0592 e. The fraction of sp³-hybridized carbons (Fsp3) is 1.00. The second-order valence-electron chi connectivity index (χ2n) is 2.67. The second kappa shape index (κ2) is 79.1. The molecule has 0 saturated heterocycles. The zero-order chi connectivity index (χ0) is 23.8. The predicted octanol–water partition coefficient (Wildman–Crippen LogP) is 1.64. The van der Waals surface area contributed by atoms with Crippen molar-refractivity contribution in [1.29, 1.82) is 0 Å². The van der Waals surface area contributed by atoms with Crippen molar-refractivity contribution in [3.05, 3.63) is 0 Å². The molecule has 0 atom stereocenters. The Bertz CT molecular complexity index is 225. The van der Waals surface area contributed by atoms with E-state index >= 15 is 0 Å². The summed E-state index contributed by atoms with van der Waals surface area (Å²) in [7, 11) is -5.65. The van der Waals surface area contributed by atoms with E-state index in [1.54, 1.807) is 0 Å². The molecule has 0 aromatic carbocycles. The second-order valence-corrected chi connectivity index (χ2v) is 5.19. The minimum atomic E-state index is -4.65. The van der Waals surface area contributed by atoms with Crippen molar-refractivity contribution in [1.82, 2.24) is 0 Å². The molecule has 0 aliphatic rings. The van der Waals surface area contributed by atoms with Crippen LogP contribution >= 0.6 is 29.1 Å². The van der Waals surface area contributed by atoms with Gasteiger partial charge in [-0.3, -0.25) is 0 Å². The average molecular weight is 496 g/mol. The average Bonchev–Trinajstić information content (AvgIpc) is 2.62. The number of hydrogen-bond donors (Lipinski definition) is 2. The van der Waals surface area contributed by atoms with Gasteiger partial charge in [-0.05, 0) is 0 Å². The van der Waals surface area contributed by atoms with Crippen LogP contribution in [0.5, 0.6) is 0 Å². The van der Waals surface area contributed by atoms with Crippen molar-refractivity contribution in [2.24, 2.45) is 0 Å². The van der Waals surface area contributed by atoms with Crippen molar-refractivity contribution in [3.8, 4) is 0 Å². The van der Waals surface area contributed by atoms with E-state index in [2.05, 4.69) is 36.7 Å². The highest BCUT2D eigenvalue weighted by Gasteiger charge is 1.76. The fourth-order valence-electron chi connectivity index (χ4n) is 0. The molecule has 0 fully saturated rings. The first-order valence-electron chi connectivity index (χ1n) is 8.00. The van der Waals surface area contributed by atoms with Gasteiger partial charge in [0.05, 0.1) is 15.6 Å². The maximum absolute atomic E-state index is 9.25. The summed E-state index contributed by atoms with van der Waals surface area (Å²) in [6.07, 6.45) is 2.50. The van der Waals surface area contributed by atoms with Gasteiger partial charge in [0.25, 0.3) is 0 Å². The number of rotatable bonds is 2. The summed E-state index contributed by atoms with van der Waals surface area (Å²) in [6.45, 7) is 16.5. The van der Waals surface area contributed by atoms with Crippen LogP contribution in [0.2, 0.25) is 0 Å². The smallest absolute Gasteiger partial charge is 0.0592 e. The van der Waals surface area contributed by atoms with Crippen LogP contribution < -0.4 is 19.6 Å². The molecule has 0 amide bonds. The van der Waals surface area contributed by atoms with Crippen molar-refractivity contribution in [2.45, 2.75) is 75.7 Å². The lowest BCUT2D eigenvalue weighted by molar-refractivity contribution is -0.341. The SMILES string of the molecule is C.CC.CC.CCC.CCC.CO.CO.COP(=O)([O-])[O-].COP(=O)([O-])[O-].S.[2HH].[B]. The molecule has 0 unspecified atom stereocenters. The zero-order valence-electron chi connectivity index (χ0n) is 19.5. The minimum absolute atomic E-state index is 0. The maximum atomic E-state index is 9.25. The predicted molar refractivity (Wildman–Crippen MR) is 125 cm³/mol. The molecule has 0 aliphatic carbocycles. The molecule has 0 bridgehead atoms. The van der Waals surface area contributed by atoms with Gasteiger partial charge in [-0.1, -0.05) is 75.7 Å². The molecule has 0 aliphatic heterocycles. The number of hydrogen-bond acceptors (Lipinski definition) is 10. The number of aliphatic hydroxyl groups excluding tert-OH is 2. The van der Waals surface area contributed by atoms with E-state index in [4.69, 9.17) is 10.2 Å². The summed E-state index contributed by atoms with van der Waals surface area (Å²) in [5.74, 6) is 0. The summed E-state index contributed by atoms with van der Waals surface area (Å²) in [5.41, 5.74) is 0. The summed E-state index contributed by atoms with van der Waals surface area (Å²) in [5, 5.41) is 14.0. The molecule has 0 rings (SSSR count). The molecule has 29 heavy (non-hydrogen) atoms. The Morgan fingerprint density at radius 3 is 0.724 bits per heavy atom. The molecule has 0 aromatic heterocycles. The molecular weight excluding hydrogens is 445 g/mol. The third-order valence-electron chi connectivity index (χ3n) is 0.447. The van der Waals surface area contributed by atoms with E-state index in [-0.39, 0.29) is 30.8 Å². The lowest BCUT2D eigenvalue weighted by Gasteiger charge is -2.25. The third kappa shape index (κ3) is 469. The van der Waals surface area contributed by atoms with Crippen LogP contribution in [0.15, 0.2) is 0 Å². The highest BCUT2D eigenvalue weighted by Crippen LogP contribution is 2.21. The molecule has 10 nitrogen and oxygen atoms in total. The van der Waals surface area contributed by atoms with Crippen molar-refractivity contribution in [3.63, 3.8) is 0 Å². The van der Waals surface area contributed by atoms with E-state index in [0.29, 0.717) is 0 Å². The van der Waals surface area contributed by atoms with Gasteiger partial charge in [0.1, 0.15) is 0 Å². The van der Waals surface area contributed by atoms with Gasteiger partial charge >= 0.3 is 0 Å². The Morgan fingerprint density at radius 2 is 0.724 bits per heavy atom. The van der Waals surface area contributed by atoms with Gasteiger partial charge < -0.3 is 48.0 Å². The minimum Gasteiger partial charge on any atom is -0.790 e. The summed E-state index contributed by atoms with van der Waals surface area (Å²) in [4.78, 5) is 37.0. The summed E-state index contributed by atoms with van der Waals surface area (Å²) >= 11 is 0. The Balaban J connectivity index is -0.0000000127. The quantitative estimate of drug-likeness (QED) is 0.420. The molecule has 2 N–H and O–H groups in total. The first-order chi connectivity index (χ1) is 11.9. The normalized spacial score (nSPS) is 6.97. The topological polar surface area (TPSA) is 185 Å². The Kier molecular flexibility index (Phi) is 191. The molecule has 0 aromatic rings. The lowest BCUT2D eigenvalue weighted by atomic mass is 10.6. The first-order valence-corrected chi connectivity index (χ1v) is 10.9. The molecule has 0 saturated carbocycles. The van der Waals surface area contributed by atoms with Gasteiger partial charge in [0.2, 0.25) is 0 Å². The number of phosphoric acid groups is 2. The molecule has 0 heterocycles. The van der Waals surface area contributed by atoms with E-state index in [0.717, 1.165) is 28.4 Å². The van der Waals surface area contributed by atoms with Crippen molar-refractivity contribution < 1.29 is 49.4 Å². The van der Waals surface area contributed by atoms with Gasteiger partial charge in [-0.15, -0.1) is 0 Å². The summed E-state index contributed by atoms with van der Waals surface area (Å²) in [6, 6.07) is 0. The fourth-order valence-corrected chi connectivity index (χ4v) is 0. The van der Waals surface area contributed by atoms with Crippen LogP contribution in [0.25, 0.3) is 0 Å². The van der Waals surface area contributed by atoms with Crippen LogP contribution in [0.4, 0.5) is 0 Å². The molecule has 193 valence electrons. The van der Waals surface area contributed by atoms with E-state index in [1.165, 1.54) is 12.8 Å². The van der Waals surface area contributed by atoms with E-state index in [9.17, 15) is 28.7 Å². The number of phosphoric ester groups is 2. The van der Waals surface area contributed by atoms with Crippen LogP contribution in [0, 0.1) is 0 Å². The first kappa shape index (κ1) is 70.0. The highest BCUT2D eigenvalue weighted by molar-refractivity contribution is 7.59. The lowest BCUT2D eigenvalue weighted by Crippen LogP contribution is -2.14. The Hall–Kier alpha value is 0.555. The van der Waals surface area contributed by atoms with Crippen LogP contribution in [0.1, 0.15) is 77.1 Å². The van der Waals surface area contributed by atoms with Crippen LogP contribution in [0.3, 0.4) is 0 Å². The summed E-state index contributed by atoms with van der Waals surface area (Å²) < 4.78 is 25.3.